The molecule has 0 bridgehead atoms. The summed E-state index contributed by atoms with van der Waals surface area (Å²) < 4.78 is 0. The minimum absolute atomic E-state index is 0.252. The summed E-state index contributed by atoms with van der Waals surface area (Å²) in [6.07, 6.45) is 8.95. The normalized spacial score (nSPS) is 28.0. The first-order valence-corrected chi connectivity index (χ1v) is 4.63. The van der Waals surface area contributed by atoms with Crippen molar-refractivity contribution in [2.45, 2.75) is 45.3 Å². The second-order valence-corrected chi connectivity index (χ2v) is 4.58. The van der Waals surface area contributed by atoms with Gasteiger partial charge in [0.25, 0.3) is 0 Å². The van der Waals surface area contributed by atoms with E-state index in [1.54, 1.807) is 0 Å². The molecule has 1 unspecified atom stereocenters. The molecule has 0 saturated carbocycles. The number of allylic oxidation sites excluding steroid dienone is 2. The van der Waals surface area contributed by atoms with Crippen LogP contribution in [0.2, 0.25) is 0 Å². The third-order valence-electron chi connectivity index (χ3n) is 1.70. The van der Waals surface area contributed by atoms with E-state index in [1.165, 1.54) is 0 Å². The van der Waals surface area contributed by atoms with Gasteiger partial charge in [-0.3, -0.25) is 0 Å². The van der Waals surface area contributed by atoms with Gasteiger partial charge >= 0.3 is 0 Å². The molecule has 0 aromatic heterocycles. The van der Waals surface area contributed by atoms with E-state index in [9.17, 15) is 0 Å². The quantitative estimate of drug-likeness (QED) is 0.483. The second kappa shape index (κ2) is 3.64. The Morgan fingerprint density at radius 1 is 1.23 bits per heavy atom. The van der Waals surface area contributed by atoms with Gasteiger partial charge in [0, 0.05) is 6.42 Å². The van der Waals surface area contributed by atoms with Crippen molar-refractivity contribution >= 4 is 0 Å². The number of rotatable bonds is 2. The smallest absolute Gasteiger partial charge is 0.123 e. The molecule has 0 aliphatic heterocycles. The molecular weight excluding hydrogens is 164 g/mol. The Morgan fingerprint density at radius 2 is 1.92 bits per heavy atom. The van der Waals surface area contributed by atoms with Gasteiger partial charge in [-0.15, -0.1) is 0 Å². The monoisotopic (exact) mass is 182 g/mol. The molecular formula is C11H18O2. The molecule has 0 saturated heterocycles. The third-order valence-corrected chi connectivity index (χ3v) is 1.70. The van der Waals surface area contributed by atoms with Crippen LogP contribution in [0, 0.1) is 0 Å². The SMILES string of the molecule is CC(C)(C)OOC1(C)C=CC=CC1. The summed E-state index contributed by atoms with van der Waals surface area (Å²) in [5.74, 6) is 0. The van der Waals surface area contributed by atoms with Gasteiger partial charge in [-0.2, -0.15) is 0 Å². The van der Waals surface area contributed by atoms with Crippen LogP contribution in [0.4, 0.5) is 0 Å². The molecule has 13 heavy (non-hydrogen) atoms. The molecule has 0 spiro atoms. The summed E-state index contributed by atoms with van der Waals surface area (Å²) in [6.45, 7) is 7.93. The van der Waals surface area contributed by atoms with Gasteiger partial charge in [-0.1, -0.05) is 18.2 Å². The number of hydrogen-bond donors (Lipinski definition) is 0. The van der Waals surface area contributed by atoms with E-state index in [0.29, 0.717) is 0 Å². The van der Waals surface area contributed by atoms with Crippen LogP contribution in [0.1, 0.15) is 34.1 Å². The lowest BCUT2D eigenvalue weighted by atomic mass is 9.98. The van der Waals surface area contributed by atoms with E-state index in [4.69, 9.17) is 9.78 Å². The van der Waals surface area contributed by atoms with Crippen LogP contribution in [0.3, 0.4) is 0 Å². The molecule has 1 atom stereocenters. The molecule has 0 amide bonds. The molecule has 0 fully saturated rings. The van der Waals surface area contributed by atoms with Gasteiger partial charge in [0.05, 0.1) is 5.60 Å². The molecule has 1 aliphatic rings. The van der Waals surface area contributed by atoms with Crippen LogP contribution < -0.4 is 0 Å². The van der Waals surface area contributed by atoms with Crippen molar-refractivity contribution < 1.29 is 9.78 Å². The summed E-state index contributed by atoms with van der Waals surface area (Å²) in [5.41, 5.74) is -0.556. The van der Waals surface area contributed by atoms with Crippen molar-refractivity contribution in [1.29, 1.82) is 0 Å². The highest BCUT2D eigenvalue weighted by Crippen LogP contribution is 2.24. The fourth-order valence-electron chi connectivity index (χ4n) is 0.990. The molecule has 0 radical (unpaired) electrons. The molecule has 0 N–H and O–H groups in total. The lowest BCUT2D eigenvalue weighted by Gasteiger charge is -2.29. The van der Waals surface area contributed by atoms with Crippen molar-refractivity contribution in [3.8, 4) is 0 Å². The minimum Gasteiger partial charge on any atom is -0.230 e. The lowest BCUT2D eigenvalue weighted by molar-refractivity contribution is -0.389. The highest BCUT2D eigenvalue weighted by atomic mass is 17.2. The Balaban J connectivity index is 2.44. The van der Waals surface area contributed by atoms with E-state index in [0.717, 1.165) is 6.42 Å². The summed E-state index contributed by atoms with van der Waals surface area (Å²) >= 11 is 0. The third kappa shape index (κ3) is 3.75. The first-order valence-electron chi connectivity index (χ1n) is 4.63. The van der Waals surface area contributed by atoms with Crippen molar-refractivity contribution in [3.63, 3.8) is 0 Å². The summed E-state index contributed by atoms with van der Waals surface area (Å²) in [6, 6.07) is 0. The summed E-state index contributed by atoms with van der Waals surface area (Å²) in [5, 5.41) is 0. The first kappa shape index (κ1) is 10.5. The van der Waals surface area contributed by atoms with Gasteiger partial charge in [0.1, 0.15) is 5.60 Å². The topological polar surface area (TPSA) is 18.5 Å². The van der Waals surface area contributed by atoms with Crippen LogP contribution >= 0.6 is 0 Å². The Kier molecular flexibility index (Phi) is 2.94. The maximum atomic E-state index is 5.40. The molecule has 0 heterocycles. The van der Waals surface area contributed by atoms with Crippen molar-refractivity contribution in [3.05, 3.63) is 24.3 Å². The highest BCUT2D eigenvalue weighted by Gasteiger charge is 2.25. The average Bonchev–Trinajstić information content (AvgIpc) is 2.02. The van der Waals surface area contributed by atoms with E-state index >= 15 is 0 Å². The Labute approximate surface area is 80.2 Å². The molecule has 1 aliphatic carbocycles. The maximum Gasteiger partial charge on any atom is 0.123 e. The van der Waals surface area contributed by atoms with E-state index in [2.05, 4.69) is 6.08 Å². The maximum absolute atomic E-state index is 5.40. The standard InChI is InChI=1S/C11H18O2/c1-10(2,3)12-13-11(4)8-6-5-7-9-11/h5-8H,9H2,1-4H3. The van der Waals surface area contributed by atoms with Gasteiger partial charge in [-0.05, 0) is 33.8 Å². The first-order chi connectivity index (χ1) is 5.91. The average molecular weight is 182 g/mol. The zero-order valence-electron chi connectivity index (χ0n) is 8.83. The van der Waals surface area contributed by atoms with Crippen LogP contribution in [-0.2, 0) is 9.78 Å². The van der Waals surface area contributed by atoms with Crippen molar-refractivity contribution in [1.82, 2.24) is 0 Å². The molecule has 2 heteroatoms. The number of hydrogen-bond acceptors (Lipinski definition) is 2. The molecule has 1 rings (SSSR count). The highest BCUT2D eigenvalue weighted by molar-refractivity contribution is 5.16. The van der Waals surface area contributed by atoms with E-state index in [1.807, 2.05) is 45.9 Å². The second-order valence-electron chi connectivity index (χ2n) is 4.58. The van der Waals surface area contributed by atoms with Gasteiger partial charge in [0.2, 0.25) is 0 Å². The van der Waals surface area contributed by atoms with Crippen LogP contribution in [0.5, 0.6) is 0 Å². The molecule has 0 aromatic rings. The Morgan fingerprint density at radius 3 is 2.38 bits per heavy atom. The van der Waals surface area contributed by atoms with Gasteiger partial charge < -0.3 is 0 Å². The largest absolute Gasteiger partial charge is 0.230 e. The van der Waals surface area contributed by atoms with Crippen LogP contribution in [-0.4, -0.2) is 11.2 Å². The molecule has 2 nitrogen and oxygen atoms in total. The fourth-order valence-corrected chi connectivity index (χ4v) is 0.990. The lowest BCUT2D eigenvalue weighted by Crippen LogP contribution is -2.31. The zero-order valence-corrected chi connectivity index (χ0v) is 8.83. The Hall–Kier alpha value is -0.600. The van der Waals surface area contributed by atoms with Crippen molar-refractivity contribution in [2.75, 3.05) is 0 Å². The van der Waals surface area contributed by atoms with E-state index in [-0.39, 0.29) is 11.2 Å². The summed E-state index contributed by atoms with van der Waals surface area (Å²) in [4.78, 5) is 10.7. The molecule has 0 aromatic carbocycles. The summed E-state index contributed by atoms with van der Waals surface area (Å²) in [7, 11) is 0. The van der Waals surface area contributed by atoms with Gasteiger partial charge in [0.15, 0.2) is 0 Å². The van der Waals surface area contributed by atoms with Crippen LogP contribution in [0.25, 0.3) is 0 Å². The van der Waals surface area contributed by atoms with E-state index < -0.39 is 0 Å². The molecule has 74 valence electrons. The minimum atomic E-state index is -0.304. The van der Waals surface area contributed by atoms with Gasteiger partial charge in [-0.25, -0.2) is 9.78 Å². The fraction of sp³-hybridized carbons (Fsp3) is 0.636. The van der Waals surface area contributed by atoms with Crippen molar-refractivity contribution in [2.24, 2.45) is 0 Å². The zero-order chi connectivity index (χ0) is 9.95. The Bertz CT molecular complexity index is 223. The predicted molar refractivity (Wildman–Crippen MR) is 53.2 cm³/mol. The predicted octanol–water partition coefficient (Wildman–Crippen LogP) is 3.01. The van der Waals surface area contributed by atoms with Crippen LogP contribution in [0.15, 0.2) is 24.3 Å².